The van der Waals surface area contributed by atoms with Crippen molar-refractivity contribution >= 4 is 80.6 Å². The number of carbonyl (C=O) groups is 1. The molecule has 33 heteroatoms. The minimum Gasteiger partial charge on any atom is -0.508 e. The van der Waals surface area contributed by atoms with Crippen LogP contribution < -0.4 is 37.2 Å². The molecule has 3 fully saturated rings. The number of nitrogens with zero attached hydrogens (tertiary/aromatic N) is 16. The Bertz CT molecular complexity index is 6180. The lowest BCUT2D eigenvalue weighted by atomic mass is 9.79. The quantitative estimate of drug-likeness (QED) is 0.0310. The zero-order valence-corrected chi connectivity index (χ0v) is 71.0. The standard InChI is InChI=1S/C31H32F2N6O3.C29H31F2N5O2.C23H27ClFN5O.C6H6BFO3.3CH4/c1-7-24(41)37-14-19(6)38(15-18(37)5)29-20-13-22(33)27(25-21(32)9-8-10-23(25)40)35-30(20)39(31(42)36-29)28-17(4)11-12-34-26(28)16(2)3;1-15(2)24-26(17(4)11-12-32-24)36-28-19(27(34-29(36)38)35-14-16(3)9-10-18(35)5)13-21(31)25(33-28)23-20(30)7-6-8-22(23)37;1-12(2)18-19(14(4)8-9-26-18)30-22-16(10-17(25)20(24)27-22)21(28-23(30)31)29-11-13(3)6-7-15(29)5;8-4-2-1-3-5(9)6(4)7(10)11;;;/h7-13,16,18-19,40H,1,14-15H2,2-6H3;6-8,11-13,15-16,18,37H,9-10,14H2,1-5H3;8-10,12-13,15H,6-7,11H2,1-5H3;1-3,9-11H;3*1H4/t18-,19+;16-,18-;13-,15-;;;;/m100..../s1. The number of amides is 1. The number of anilines is 3. The molecule has 0 spiro atoms. The average molecular weight is 1740 g/mol. The van der Waals surface area contributed by atoms with Gasteiger partial charge in [-0.2, -0.15) is 15.0 Å². The van der Waals surface area contributed by atoms with Gasteiger partial charge in [0, 0.05) is 68.9 Å². The predicted octanol–water partition coefficient (Wildman–Crippen LogP) is 16.9. The van der Waals surface area contributed by atoms with Crippen LogP contribution in [-0.2, 0) is 4.79 Å². The molecule has 0 saturated carbocycles. The maximum atomic E-state index is 15.9. The Morgan fingerprint density at radius 1 is 0.456 bits per heavy atom. The van der Waals surface area contributed by atoms with Crippen molar-refractivity contribution in [1.29, 1.82) is 0 Å². The molecular formula is C92H108BClF6N16O9. The number of halogens is 7. The maximum absolute atomic E-state index is 15.9. The number of phenols is 3. The van der Waals surface area contributed by atoms with Crippen molar-refractivity contribution in [2.24, 2.45) is 11.8 Å². The highest BCUT2D eigenvalue weighted by molar-refractivity contribution is 6.59. The first kappa shape index (κ1) is 96.7. The summed E-state index contributed by atoms with van der Waals surface area (Å²) in [5.74, 6) is -4.71. The molecule has 3 aromatic carbocycles. The Morgan fingerprint density at radius 3 is 1.14 bits per heavy atom. The molecule has 15 rings (SSSR count). The molecule has 3 aliphatic heterocycles. The van der Waals surface area contributed by atoms with Gasteiger partial charge in [0.15, 0.2) is 39.5 Å². The molecule has 0 radical (unpaired) electrons. The predicted molar refractivity (Wildman–Crippen MR) is 481 cm³/mol. The van der Waals surface area contributed by atoms with Crippen molar-refractivity contribution in [2.75, 3.05) is 40.9 Å². The second-order valence-electron chi connectivity index (χ2n) is 32.4. The molecular weight excluding hydrogens is 1630 g/mol. The summed E-state index contributed by atoms with van der Waals surface area (Å²) in [5, 5.41) is 47.6. The fourth-order valence-electron chi connectivity index (χ4n) is 16.1. The second-order valence-corrected chi connectivity index (χ2v) is 32.8. The van der Waals surface area contributed by atoms with Crippen LogP contribution in [0.1, 0.15) is 183 Å². The van der Waals surface area contributed by atoms with Gasteiger partial charge in [0.2, 0.25) is 5.91 Å². The number of fused-ring (bicyclic) bond motifs is 3. The third-order valence-corrected chi connectivity index (χ3v) is 22.6. The maximum Gasteiger partial charge on any atom is 0.495 e. The lowest BCUT2D eigenvalue weighted by molar-refractivity contribution is -0.128. The van der Waals surface area contributed by atoms with Crippen molar-refractivity contribution in [1.82, 2.24) is 63.5 Å². The van der Waals surface area contributed by atoms with Crippen molar-refractivity contribution < 1.29 is 56.5 Å². The van der Waals surface area contributed by atoms with Crippen molar-refractivity contribution in [2.45, 2.75) is 194 Å². The number of aryl methyl sites for hydroxylation is 3. The SMILES string of the molecule is C.C.C.C=CC(=O)N1C[C@H](C)N(c2nc(=O)n(-c3c(C)ccnc3C(C)C)c3nc(-c4c(O)cccc4F)c(F)cc23)C[C@H]1C.Cc1ccnc(C(C)C)c1-n1c(=O)nc(N2C[C@@H](C)CC[C@@H]2C)c2cc(F)c(-c3c(O)cccc3F)nc21.Cc1ccnc(C(C)C)c1-n1c(=O)nc(N2C[C@@H](C)CC[C@@H]2C)c2cc(F)c(Cl)nc21.OB(O)c1c(O)cccc1F. The second kappa shape index (κ2) is 39.8. The Labute approximate surface area is 727 Å². The van der Waals surface area contributed by atoms with E-state index in [-0.39, 0.29) is 109 Å². The monoisotopic (exact) mass is 1740 g/mol. The number of aromatic hydroxyl groups is 3. The molecule has 12 heterocycles. The van der Waals surface area contributed by atoms with Crippen LogP contribution in [0.25, 0.3) is 72.7 Å². The number of hydrogen-bond acceptors (Lipinski definition) is 21. The molecule has 0 aliphatic carbocycles. The molecule has 3 aliphatic rings. The van der Waals surface area contributed by atoms with Gasteiger partial charge in [-0.25, -0.2) is 69.4 Å². The minimum atomic E-state index is -1.98. The zero-order valence-electron chi connectivity index (χ0n) is 70.3. The number of benzene rings is 3. The number of carbonyl (C=O) groups excluding carboxylic acids is 1. The fourth-order valence-corrected chi connectivity index (χ4v) is 16.2. The van der Waals surface area contributed by atoms with E-state index in [1.165, 1.54) is 74.4 Å². The highest BCUT2D eigenvalue weighted by atomic mass is 35.5. The van der Waals surface area contributed by atoms with E-state index in [2.05, 4.69) is 84.0 Å². The van der Waals surface area contributed by atoms with E-state index in [4.69, 9.17) is 26.8 Å². The van der Waals surface area contributed by atoms with E-state index in [9.17, 15) is 47.0 Å². The smallest absolute Gasteiger partial charge is 0.495 e. The average Bonchev–Trinajstić information content (AvgIpc) is 0.743. The van der Waals surface area contributed by atoms with Gasteiger partial charge >= 0.3 is 24.2 Å². The highest BCUT2D eigenvalue weighted by Gasteiger charge is 2.37. The Morgan fingerprint density at radius 2 is 0.800 bits per heavy atom. The number of piperidine rings is 2. The first-order valence-corrected chi connectivity index (χ1v) is 40.7. The molecule has 662 valence electrons. The molecule has 5 N–H and O–H groups in total. The third kappa shape index (κ3) is 19.4. The number of rotatable bonds is 13. The van der Waals surface area contributed by atoms with Gasteiger partial charge in [-0.1, -0.05) is 114 Å². The van der Waals surface area contributed by atoms with Gasteiger partial charge < -0.3 is 45.0 Å². The molecule has 6 atom stereocenters. The molecule has 1 amide bonds. The summed E-state index contributed by atoms with van der Waals surface area (Å²) in [7, 11) is -1.98. The van der Waals surface area contributed by atoms with Crippen LogP contribution in [0.5, 0.6) is 17.2 Å². The van der Waals surface area contributed by atoms with E-state index in [1.807, 2.05) is 92.0 Å². The van der Waals surface area contributed by atoms with Crippen LogP contribution >= 0.6 is 11.6 Å². The van der Waals surface area contributed by atoms with Crippen LogP contribution in [0.4, 0.5) is 43.8 Å². The summed E-state index contributed by atoms with van der Waals surface area (Å²) in [5.41, 5.74) is 2.56. The summed E-state index contributed by atoms with van der Waals surface area (Å²) >= 11 is 6.08. The van der Waals surface area contributed by atoms with E-state index in [1.54, 1.807) is 35.6 Å². The van der Waals surface area contributed by atoms with Gasteiger partial charge in [0.25, 0.3) is 0 Å². The van der Waals surface area contributed by atoms with Crippen LogP contribution in [0, 0.1) is 67.5 Å². The van der Waals surface area contributed by atoms with Gasteiger partial charge in [0.1, 0.15) is 63.5 Å². The number of pyridine rings is 6. The molecule has 9 aromatic heterocycles. The number of phenolic OH excluding ortho intramolecular Hbond substituents is 3. The van der Waals surface area contributed by atoms with E-state index in [0.29, 0.717) is 93.5 Å². The molecule has 0 bridgehead atoms. The van der Waals surface area contributed by atoms with E-state index < -0.39 is 93.1 Å². The van der Waals surface area contributed by atoms with Crippen LogP contribution in [0.3, 0.4) is 0 Å². The van der Waals surface area contributed by atoms with Gasteiger partial charge in [0.05, 0.1) is 66.9 Å². The minimum absolute atomic E-state index is 0. The lowest BCUT2D eigenvalue weighted by Gasteiger charge is -2.44. The van der Waals surface area contributed by atoms with Crippen molar-refractivity contribution in [3.63, 3.8) is 0 Å². The number of piperazine rings is 1. The molecule has 125 heavy (non-hydrogen) atoms. The van der Waals surface area contributed by atoms with Gasteiger partial charge in [-0.3, -0.25) is 19.7 Å². The van der Waals surface area contributed by atoms with Crippen LogP contribution in [0.15, 0.2) is 137 Å². The van der Waals surface area contributed by atoms with Gasteiger partial charge in [-0.05, 0) is 199 Å². The first-order valence-electron chi connectivity index (χ1n) is 40.3. The number of hydrogen-bond donors (Lipinski definition) is 5. The summed E-state index contributed by atoms with van der Waals surface area (Å²) in [6, 6.07) is 19.7. The molecule has 0 unspecified atom stereocenters. The molecule has 12 aromatic rings. The van der Waals surface area contributed by atoms with Crippen LogP contribution in [-0.4, -0.2) is 152 Å². The van der Waals surface area contributed by atoms with Gasteiger partial charge in [-0.15, -0.1) is 0 Å². The Balaban J connectivity index is 0.000000199. The van der Waals surface area contributed by atoms with Crippen molar-refractivity contribution in [3.8, 4) is 56.8 Å². The normalized spacial score (nSPS) is 16.9. The summed E-state index contributed by atoms with van der Waals surface area (Å²) in [4.78, 5) is 102. The summed E-state index contributed by atoms with van der Waals surface area (Å²) in [6.07, 6.45) is 10.3. The van der Waals surface area contributed by atoms with E-state index in [0.717, 1.165) is 67.2 Å². The van der Waals surface area contributed by atoms with E-state index >= 15 is 8.78 Å². The van der Waals surface area contributed by atoms with Crippen LogP contribution in [0.2, 0.25) is 5.15 Å². The number of aromatic nitrogens is 12. The molecule has 25 nitrogen and oxygen atoms in total. The molecule has 3 saturated heterocycles. The fraction of sp³-hybridized carbons (Fsp3) is 0.380. The summed E-state index contributed by atoms with van der Waals surface area (Å²) < 4.78 is 92.6. The van der Waals surface area contributed by atoms with Crippen molar-refractivity contribution in [3.05, 3.63) is 228 Å². The highest BCUT2D eigenvalue weighted by Crippen LogP contribution is 2.42. The largest absolute Gasteiger partial charge is 0.508 e. The lowest BCUT2D eigenvalue weighted by Crippen LogP contribution is -2.58. The Kier molecular flexibility index (Phi) is 30.8. The topological polar surface area (TPSA) is 313 Å². The first-order chi connectivity index (χ1) is 57.8. The zero-order chi connectivity index (χ0) is 88.6. The third-order valence-electron chi connectivity index (χ3n) is 22.4. The summed E-state index contributed by atoms with van der Waals surface area (Å²) in [6.45, 7) is 35.3. The Hall–Kier alpha value is -12.2.